The number of nitrogens with one attached hydrogen (secondary N) is 2. The van der Waals surface area contributed by atoms with E-state index in [1.54, 1.807) is 6.20 Å². The van der Waals surface area contributed by atoms with Crippen LogP contribution in [0.1, 0.15) is 19.3 Å². The minimum atomic E-state index is 0.202. The Balaban J connectivity index is 2.03. The molecule has 0 bridgehead atoms. The molecule has 0 aliphatic rings. The summed E-state index contributed by atoms with van der Waals surface area (Å²) in [6, 6.07) is 0. The Kier molecular flexibility index (Phi) is 3.78. The number of aromatic amines is 1. The molecule has 0 fully saturated rings. The third-order valence-corrected chi connectivity index (χ3v) is 2.49. The number of hydrogen-bond donors (Lipinski definition) is 2. The second-order valence-corrected chi connectivity index (χ2v) is 3.90. The van der Waals surface area contributed by atoms with Crippen LogP contribution in [0.5, 0.6) is 0 Å². The van der Waals surface area contributed by atoms with Gasteiger partial charge in [0, 0.05) is 13.0 Å². The van der Waals surface area contributed by atoms with E-state index in [4.69, 9.17) is 18.0 Å². The highest BCUT2D eigenvalue weighted by Crippen LogP contribution is 2.19. The van der Waals surface area contributed by atoms with Gasteiger partial charge in [0.2, 0.25) is 5.28 Å². The van der Waals surface area contributed by atoms with Crippen molar-refractivity contribution in [3.05, 3.63) is 11.5 Å². The summed E-state index contributed by atoms with van der Waals surface area (Å²) in [4.78, 5) is 8.16. The Morgan fingerprint density at radius 1 is 1.41 bits per heavy atom. The van der Waals surface area contributed by atoms with Crippen LogP contribution in [0.25, 0.3) is 11.0 Å². The minimum Gasteiger partial charge on any atom is -0.369 e. The van der Waals surface area contributed by atoms with Gasteiger partial charge in [0.15, 0.2) is 5.65 Å². The van der Waals surface area contributed by atoms with Gasteiger partial charge in [-0.05, 0) is 24.4 Å². The highest BCUT2D eigenvalue weighted by atomic mass is 35.5. The van der Waals surface area contributed by atoms with Crippen LogP contribution >= 0.6 is 11.6 Å². The Labute approximate surface area is 104 Å². The summed E-state index contributed by atoms with van der Waals surface area (Å²) < 4.78 is 0. The first kappa shape index (κ1) is 11.7. The average molecular weight is 250 g/mol. The lowest BCUT2D eigenvalue weighted by atomic mass is 10.2. The first-order valence-corrected chi connectivity index (χ1v) is 5.73. The summed E-state index contributed by atoms with van der Waals surface area (Å²) in [6.07, 6.45) is 9.64. The van der Waals surface area contributed by atoms with E-state index in [1.807, 2.05) is 0 Å². The highest BCUT2D eigenvalue weighted by Gasteiger charge is 2.07. The van der Waals surface area contributed by atoms with Crippen molar-refractivity contribution in [2.45, 2.75) is 19.3 Å². The van der Waals surface area contributed by atoms with Crippen molar-refractivity contribution in [1.82, 2.24) is 20.2 Å². The molecule has 5 nitrogen and oxygen atoms in total. The van der Waals surface area contributed by atoms with Gasteiger partial charge in [-0.1, -0.05) is 0 Å². The smallest absolute Gasteiger partial charge is 0.226 e. The molecule has 2 aromatic heterocycles. The molecule has 0 aliphatic carbocycles. The van der Waals surface area contributed by atoms with Gasteiger partial charge in [0.25, 0.3) is 0 Å². The molecule has 0 aromatic carbocycles. The molecule has 0 saturated heterocycles. The third kappa shape index (κ3) is 2.86. The lowest BCUT2D eigenvalue weighted by molar-refractivity contribution is 0.788. The zero-order valence-electron chi connectivity index (χ0n) is 9.20. The first-order valence-electron chi connectivity index (χ1n) is 5.35. The number of aromatic nitrogens is 4. The summed E-state index contributed by atoms with van der Waals surface area (Å²) >= 11 is 5.81. The molecule has 0 amide bonds. The van der Waals surface area contributed by atoms with E-state index in [1.165, 1.54) is 0 Å². The van der Waals surface area contributed by atoms with E-state index in [0.29, 0.717) is 11.5 Å². The maximum absolute atomic E-state index is 5.81. The van der Waals surface area contributed by atoms with Crippen LogP contribution < -0.4 is 5.32 Å². The molecule has 2 N–H and O–H groups in total. The second kappa shape index (κ2) is 5.51. The highest BCUT2D eigenvalue weighted by molar-refractivity contribution is 6.28. The molecular weight excluding hydrogens is 238 g/mol. The average Bonchev–Trinajstić information content (AvgIpc) is 2.76. The fourth-order valence-electron chi connectivity index (χ4n) is 1.50. The van der Waals surface area contributed by atoms with E-state index in [-0.39, 0.29) is 5.28 Å². The topological polar surface area (TPSA) is 66.5 Å². The number of unbranched alkanes of at least 4 members (excludes halogenated alkanes) is 2. The van der Waals surface area contributed by atoms with Crippen molar-refractivity contribution in [1.29, 1.82) is 0 Å². The van der Waals surface area contributed by atoms with Gasteiger partial charge < -0.3 is 5.32 Å². The van der Waals surface area contributed by atoms with E-state index in [2.05, 4.69) is 31.4 Å². The van der Waals surface area contributed by atoms with Crippen LogP contribution in [0.3, 0.4) is 0 Å². The number of hydrogen-bond acceptors (Lipinski definition) is 4. The standard InChI is InChI=1S/C11H12ClN5/c1-2-3-4-5-6-13-9-8-7-14-17-10(8)16-11(12)15-9/h1,7H,3-6H2,(H2,13,14,15,16,17). The van der Waals surface area contributed by atoms with Crippen LogP contribution in [0.15, 0.2) is 6.20 Å². The zero-order chi connectivity index (χ0) is 12.1. The van der Waals surface area contributed by atoms with Gasteiger partial charge in [-0.2, -0.15) is 15.1 Å². The minimum absolute atomic E-state index is 0.202. The quantitative estimate of drug-likeness (QED) is 0.484. The van der Waals surface area contributed by atoms with Crippen molar-refractivity contribution in [2.75, 3.05) is 11.9 Å². The maximum Gasteiger partial charge on any atom is 0.226 e. The third-order valence-electron chi connectivity index (χ3n) is 2.32. The SMILES string of the molecule is C#CCCCCNc1nc(Cl)nc2[nH]ncc12. The summed E-state index contributed by atoms with van der Waals surface area (Å²) in [5.41, 5.74) is 0.635. The van der Waals surface area contributed by atoms with Gasteiger partial charge in [-0.25, -0.2) is 0 Å². The summed E-state index contributed by atoms with van der Waals surface area (Å²) in [5.74, 6) is 3.31. The lowest BCUT2D eigenvalue weighted by Gasteiger charge is -2.05. The van der Waals surface area contributed by atoms with Gasteiger partial charge in [-0.3, -0.25) is 5.10 Å². The number of H-pyrrole nitrogens is 1. The fraction of sp³-hybridized carbons (Fsp3) is 0.364. The molecule has 0 radical (unpaired) electrons. The molecular formula is C11H12ClN5. The Bertz CT molecular complexity index is 542. The molecule has 0 saturated carbocycles. The van der Waals surface area contributed by atoms with E-state index >= 15 is 0 Å². The van der Waals surface area contributed by atoms with Crippen LogP contribution in [-0.4, -0.2) is 26.7 Å². The largest absolute Gasteiger partial charge is 0.369 e. The summed E-state index contributed by atoms with van der Waals surface area (Å²) in [6.45, 7) is 0.801. The van der Waals surface area contributed by atoms with E-state index in [0.717, 1.165) is 31.2 Å². The molecule has 2 heterocycles. The molecule has 88 valence electrons. The van der Waals surface area contributed by atoms with Crippen molar-refractivity contribution in [3.8, 4) is 12.3 Å². The van der Waals surface area contributed by atoms with Gasteiger partial charge >= 0.3 is 0 Å². The molecule has 17 heavy (non-hydrogen) atoms. The van der Waals surface area contributed by atoms with Gasteiger partial charge in [0.05, 0.1) is 11.6 Å². The molecule has 6 heteroatoms. The summed E-state index contributed by atoms with van der Waals surface area (Å²) in [7, 11) is 0. The summed E-state index contributed by atoms with van der Waals surface area (Å²) in [5, 5.41) is 10.9. The number of nitrogens with zero attached hydrogens (tertiary/aromatic N) is 3. The van der Waals surface area contributed by atoms with Crippen LogP contribution in [0.2, 0.25) is 5.28 Å². The van der Waals surface area contributed by atoms with Crippen molar-refractivity contribution in [3.63, 3.8) is 0 Å². The van der Waals surface area contributed by atoms with Crippen molar-refractivity contribution >= 4 is 28.5 Å². The predicted molar refractivity (Wildman–Crippen MR) is 67.9 cm³/mol. The zero-order valence-corrected chi connectivity index (χ0v) is 9.96. The molecule has 0 atom stereocenters. The fourth-order valence-corrected chi connectivity index (χ4v) is 1.67. The monoisotopic (exact) mass is 249 g/mol. The first-order chi connectivity index (χ1) is 8.31. The second-order valence-electron chi connectivity index (χ2n) is 3.56. The number of rotatable bonds is 5. The van der Waals surface area contributed by atoms with E-state index < -0.39 is 0 Å². The van der Waals surface area contributed by atoms with Crippen LogP contribution in [0, 0.1) is 12.3 Å². The number of fused-ring (bicyclic) bond motifs is 1. The van der Waals surface area contributed by atoms with Crippen molar-refractivity contribution < 1.29 is 0 Å². The lowest BCUT2D eigenvalue weighted by Crippen LogP contribution is -2.04. The molecule has 2 rings (SSSR count). The van der Waals surface area contributed by atoms with Crippen LogP contribution in [-0.2, 0) is 0 Å². The number of halogens is 1. The number of terminal acetylenes is 1. The molecule has 2 aromatic rings. The predicted octanol–water partition coefficient (Wildman–Crippen LogP) is 2.22. The van der Waals surface area contributed by atoms with Gasteiger partial charge in [-0.15, -0.1) is 12.3 Å². The van der Waals surface area contributed by atoms with Gasteiger partial charge in [0.1, 0.15) is 5.82 Å². The van der Waals surface area contributed by atoms with E-state index in [9.17, 15) is 0 Å². The Morgan fingerprint density at radius 3 is 3.12 bits per heavy atom. The Morgan fingerprint density at radius 2 is 2.29 bits per heavy atom. The Hall–Kier alpha value is -1.80. The molecule has 0 spiro atoms. The van der Waals surface area contributed by atoms with Crippen LogP contribution in [0.4, 0.5) is 5.82 Å². The normalized spacial score (nSPS) is 10.4. The molecule has 0 aliphatic heterocycles. The molecule has 0 unspecified atom stereocenters. The maximum atomic E-state index is 5.81. The van der Waals surface area contributed by atoms with Crippen molar-refractivity contribution in [2.24, 2.45) is 0 Å². The number of anilines is 1.